The zero-order valence-corrected chi connectivity index (χ0v) is 37.5. The van der Waals surface area contributed by atoms with E-state index in [1.165, 1.54) is 48.5 Å². The van der Waals surface area contributed by atoms with Crippen LogP contribution in [0.5, 0.6) is 0 Å². The fourth-order valence-electron chi connectivity index (χ4n) is 9.99. The van der Waals surface area contributed by atoms with Crippen LogP contribution in [-0.2, 0) is 0 Å². The fraction of sp³-hybridized carbons (Fsp3) is 0. The highest BCUT2D eigenvalue weighted by atomic mass is 19.1. The highest BCUT2D eigenvalue weighted by Gasteiger charge is 2.24. The molecule has 0 saturated carbocycles. The van der Waals surface area contributed by atoms with Crippen molar-refractivity contribution in [1.82, 2.24) is 0 Å². The third-order valence-corrected chi connectivity index (χ3v) is 13.1. The number of hydrogen-bond donors (Lipinski definition) is 0. The molecule has 0 radical (unpaired) electrons. The first-order valence-corrected chi connectivity index (χ1v) is 23.1. The first-order valence-electron chi connectivity index (χ1n) is 23.1. The number of halogens is 4. The van der Waals surface area contributed by atoms with E-state index in [0.717, 1.165) is 88.7 Å². The van der Waals surface area contributed by atoms with Gasteiger partial charge in [0.2, 0.25) is 0 Å². The average molecular weight is 913 g/mol. The molecule has 0 aliphatic rings. The van der Waals surface area contributed by atoms with Crippen molar-refractivity contribution < 1.29 is 17.6 Å². The normalized spacial score (nSPS) is 11.4. The SMILES string of the molecule is Fc1cccc(-c2cc(-c3cccc(F)c3)cc(N(c3ccccc3)c3ccc4ccc5c(N(c6ccccc6)c6cc(-c7cccc(F)c7)cc(-c7cccc(F)c7)c6)ccc6ccc3c4c65)c2)c1. The molecular weight excluding hydrogens is 873 g/mol. The van der Waals surface area contributed by atoms with Gasteiger partial charge in [0.05, 0.1) is 11.4 Å². The van der Waals surface area contributed by atoms with Crippen LogP contribution in [-0.4, -0.2) is 0 Å². The Kier molecular flexibility index (Phi) is 10.6. The molecule has 0 fully saturated rings. The van der Waals surface area contributed by atoms with Crippen LogP contribution in [0.25, 0.3) is 76.8 Å². The van der Waals surface area contributed by atoms with Crippen LogP contribution in [0.1, 0.15) is 0 Å². The lowest BCUT2D eigenvalue weighted by atomic mass is 9.91. The summed E-state index contributed by atoms with van der Waals surface area (Å²) in [6, 6.07) is 76.0. The highest BCUT2D eigenvalue weighted by molar-refractivity contribution is 6.28. The molecule has 0 unspecified atom stereocenters. The molecule has 0 amide bonds. The molecule has 0 spiro atoms. The Morgan fingerprint density at radius 3 is 0.857 bits per heavy atom. The number of benzene rings is 12. The van der Waals surface area contributed by atoms with Crippen LogP contribution in [0, 0.1) is 23.3 Å². The van der Waals surface area contributed by atoms with Crippen LogP contribution in [0.3, 0.4) is 0 Å². The second-order valence-corrected chi connectivity index (χ2v) is 17.5. The van der Waals surface area contributed by atoms with Crippen LogP contribution in [0.15, 0.2) is 243 Å². The monoisotopic (exact) mass is 912 g/mol. The topological polar surface area (TPSA) is 6.48 Å². The third-order valence-electron chi connectivity index (χ3n) is 13.1. The molecule has 0 saturated heterocycles. The molecular formula is C64H40F4N2. The Balaban J connectivity index is 1.10. The van der Waals surface area contributed by atoms with Crippen molar-refractivity contribution in [3.05, 3.63) is 266 Å². The molecule has 2 nitrogen and oxygen atoms in total. The van der Waals surface area contributed by atoms with Gasteiger partial charge in [0, 0.05) is 33.5 Å². The van der Waals surface area contributed by atoms with Crippen molar-refractivity contribution in [3.8, 4) is 44.5 Å². The van der Waals surface area contributed by atoms with E-state index in [1.807, 2.05) is 72.8 Å². The van der Waals surface area contributed by atoms with Gasteiger partial charge in [-0.3, -0.25) is 0 Å². The Labute approximate surface area is 402 Å². The molecule has 0 aromatic heterocycles. The second-order valence-electron chi connectivity index (χ2n) is 17.5. The molecule has 12 aromatic rings. The van der Waals surface area contributed by atoms with Gasteiger partial charge in [-0.05, 0) is 187 Å². The minimum absolute atomic E-state index is 0.349. The molecule has 0 heterocycles. The quantitative estimate of drug-likeness (QED) is 0.0996. The van der Waals surface area contributed by atoms with Crippen LogP contribution in [0.2, 0.25) is 0 Å². The summed E-state index contributed by atoms with van der Waals surface area (Å²) in [6.45, 7) is 0. The maximum Gasteiger partial charge on any atom is 0.123 e. The maximum atomic E-state index is 14.9. The molecule has 0 bridgehead atoms. The Hall–Kier alpha value is -9.00. The minimum atomic E-state index is -0.349. The zero-order chi connectivity index (χ0) is 47.3. The Morgan fingerprint density at radius 2 is 0.543 bits per heavy atom. The molecule has 0 atom stereocenters. The lowest BCUT2D eigenvalue weighted by Crippen LogP contribution is -2.12. The molecule has 6 heteroatoms. The predicted molar refractivity (Wildman–Crippen MR) is 281 cm³/mol. The molecule has 0 aliphatic carbocycles. The first kappa shape index (κ1) is 42.4. The van der Waals surface area contributed by atoms with Crippen molar-refractivity contribution in [3.63, 3.8) is 0 Å². The van der Waals surface area contributed by atoms with E-state index >= 15 is 0 Å². The summed E-state index contributed by atoms with van der Waals surface area (Å²) in [7, 11) is 0. The minimum Gasteiger partial charge on any atom is -0.310 e. The third kappa shape index (κ3) is 7.85. The summed E-state index contributed by atoms with van der Waals surface area (Å²) in [5, 5.41) is 6.28. The summed E-state index contributed by atoms with van der Waals surface area (Å²) in [5.74, 6) is -1.39. The molecule has 0 aliphatic heterocycles. The number of hydrogen-bond acceptors (Lipinski definition) is 2. The highest BCUT2D eigenvalue weighted by Crippen LogP contribution is 2.49. The van der Waals surface area contributed by atoms with Gasteiger partial charge in [-0.25, -0.2) is 17.6 Å². The van der Waals surface area contributed by atoms with Crippen molar-refractivity contribution in [2.75, 3.05) is 9.80 Å². The van der Waals surface area contributed by atoms with Crippen LogP contribution >= 0.6 is 0 Å². The molecule has 12 rings (SSSR count). The van der Waals surface area contributed by atoms with E-state index < -0.39 is 0 Å². The van der Waals surface area contributed by atoms with Gasteiger partial charge in [0.1, 0.15) is 23.3 Å². The smallest absolute Gasteiger partial charge is 0.123 e. The van der Waals surface area contributed by atoms with E-state index in [1.54, 1.807) is 24.3 Å². The van der Waals surface area contributed by atoms with Crippen molar-refractivity contribution in [2.45, 2.75) is 0 Å². The van der Waals surface area contributed by atoms with Crippen molar-refractivity contribution >= 4 is 66.4 Å². The van der Waals surface area contributed by atoms with Crippen molar-refractivity contribution in [1.29, 1.82) is 0 Å². The summed E-state index contributed by atoms with van der Waals surface area (Å²) in [6.07, 6.45) is 0. The van der Waals surface area contributed by atoms with Gasteiger partial charge >= 0.3 is 0 Å². The predicted octanol–water partition coefficient (Wildman–Crippen LogP) is 18.7. The lowest BCUT2D eigenvalue weighted by molar-refractivity contribution is 0.628. The van der Waals surface area contributed by atoms with E-state index in [0.29, 0.717) is 22.3 Å². The van der Waals surface area contributed by atoms with Gasteiger partial charge < -0.3 is 9.80 Å². The standard InChI is InChI=1S/C64H40F4N2/c65-51-15-7-11-43(33-51)47-31-48(44-12-8-16-52(66)34-44)38-57(37-47)69(55-19-3-1-4-20-55)61-29-25-41-24-28-60-62(30-26-42-23-27-59(61)63(41)64(42)60)70(56-21-5-2-6-22-56)58-39-49(45-13-9-17-53(67)35-45)32-50(40-58)46-14-10-18-54(68)36-46/h1-40H. The zero-order valence-electron chi connectivity index (χ0n) is 37.5. The largest absolute Gasteiger partial charge is 0.310 e. The Morgan fingerprint density at radius 1 is 0.229 bits per heavy atom. The van der Waals surface area contributed by atoms with Gasteiger partial charge in [0.15, 0.2) is 0 Å². The number of nitrogens with zero attached hydrogens (tertiary/aromatic N) is 2. The number of para-hydroxylation sites is 2. The fourth-order valence-corrected chi connectivity index (χ4v) is 9.99. The average Bonchev–Trinajstić information content (AvgIpc) is 3.39. The van der Waals surface area contributed by atoms with E-state index in [9.17, 15) is 17.6 Å². The molecule has 12 aromatic carbocycles. The van der Waals surface area contributed by atoms with E-state index in [-0.39, 0.29) is 23.3 Å². The van der Waals surface area contributed by atoms with Crippen LogP contribution < -0.4 is 9.80 Å². The first-order chi connectivity index (χ1) is 34.3. The lowest BCUT2D eigenvalue weighted by Gasteiger charge is -2.30. The summed E-state index contributed by atoms with van der Waals surface area (Å²) < 4.78 is 59.5. The summed E-state index contributed by atoms with van der Waals surface area (Å²) >= 11 is 0. The van der Waals surface area contributed by atoms with Gasteiger partial charge in [-0.2, -0.15) is 0 Å². The van der Waals surface area contributed by atoms with Gasteiger partial charge in [0.25, 0.3) is 0 Å². The second kappa shape index (κ2) is 17.6. The molecule has 70 heavy (non-hydrogen) atoms. The number of anilines is 6. The van der Waals surface area contributed by atoms with Crippen LogP contribution in [0.4, 0.5) is 51.7 Å². The number of rotatable bonds is 10. The Bertz CT molecular complexity index is 3530. The summed E-state index contributed by atoms with van der Waals surface area (Å²) in [5.41, 5.74) is 11.2. The van der Waals surface area contributed by atoms with E-state index in [2.05, 4.69) is 107 Å². The van der Waals surface area contributed by atoms with Gasteiger partial charge in [-0.15, -0.1) is 0 Å². The summed E-state index contributed by atoms with van der Waals surface area (Å²) in [4.78, 5) is 4.45. The van der Waals surface area contributed by atoms with E-state index in [4.69, 9.17) is 0 Å². The van der Waals surface area contributed by atoms with Gasteiger partial charge in [-0.1, -0.05) is 121 Å². The molecule has 334 valence electrons. The molecule has 0 N–H and O–H groups in total. The van der Waals surface area contributed by atoms with Crippen molar-refractivity contribution in [2.24, 2.45) is 0 Å². The maximum absolute atomic E-state index is 14.9.